The van der Waals surface area contributed by atoms with Crippen LogP contribution >= 0.6 is 0 Å². The van der Waals surface area contributed by atoms with E-state index >= 15 is 0 Å². The fourth-order valence-corrected chi connectivity index (χ4v) is 1.58. The molecule has 20 heavy (non-hydrogen) atoms. The molecule has 0 radical (unpaired) electrons. The van der Waals surface area contributed by atoms with Gasteiger partial charge in [-0.3, -0.25) is 5.41 Å². The number of hydrogen-bond acceptors (Lipinski definition) is 2. The average Bonchev–Trinajstić information content (AvgIpc) is 2.38. The van der Waals surface area contributed by atoms with Crippen LogP contribution in [-0.4, -0.2) is 5.84 Å². The van der Waals surface area contributed by atoms with Crippen molar-refractivity contribution in [2.45, 2.75) is 6.61 Å². The highest BCUT2D eigenvalue weighted by Crippen LogP contribution is 2.20. The summed E-state index contributed by atoms with van der Waals surface area (Å²) in [5.74, 6) is -2.60. The normalized spacial score (nSPS) is 10.3. The minimum atomic E-state index is -0.856. The van der Waals surface area contributed by atoms with E-state index in [1.165, 1.54) is 12.1 Å². The maximum atomic E-state index is 13.7. The van der Waals surface area contributed by atoms with Crippen LogP contribution in [0.15, 0.2) is 36.4 Å². The lowest BCUT2D eigenvalue weighted by Gasteiger charge is -2.09. The molecule has 0 heterocycles. The first-order valence-corrected chi connectivity index (χ1v) is 5.68. The molecule has 0 aliphatic rings. The van der Waals surface area contributed by atoms with Crippen LogP contribution in [0.25, 0.3) is 0 Å². The molecule has 0 aliphatic carbocycles. The summed E-state index contributed by atoms with van der Waals surface area (Å²) in [6.45, 7) is -0.216. The Morgan fingerprint density at radius 1 is 1.05 bits per heavy atom. The Hall–Kier alpha value is -2.50. The third-order valence-corrected chi connectivity index (χ3v) is 2.64. The summed E-state index contributed by atoms with van der Waals surface area (Å²) in [6.07, 6.45) is 0. The molecule has 0 aromatic heterocycles. The van der Waals surface area contributed by atoms with Crippen LogP contribution in [0.4, 0.5) is 13.2 Å². The predicted octanol–water partition coefficient (Wildman–Crippen LogP) is 2.97. The molecule has 2 rings (SSSR count). The highest BCUT2D eigenvalue weighted by molar-refractivity contribution is 5.94. The Morgan fingerprint density at radius 2 is 1.80 bits per heavy atom. The second kappa shape index (κ2) is 5.64. The van der Waals surface area contributed by atoms with Crippen LogP contribution in [0.2, 0.25) is 0 Å². The number of rotatable bonds is 4. The molecule has 0 unspecified atom stereocenters. The zero-order valence-electron chi connectivity index (χ0n) is 10.3. The van der Waals surface area contributed by atoms with Crippen LogP contribution in [0.5, 0.6) is 5.75 Å². The molecule has 3 N–H and O–H groups in total. The van der Waals surface area contributed by atoms with Crippen LogP contribution in [0, 0.1) is 22.9 Å². The van der Waals surface area contributed by atoms with Crippen molar-refractivity contribution in [3.05, 3.63) is 65.0 Å². The number of nitrogen functional groups attached to an aromatic ring is 1. The molecule has 104 valence electrons. The van der Waals surface area contributed by atoms with E-state index in [0.717, 1.165) is 18.2 Å². The second-order valence-corrected chi connectivity index (χ2v) is 4.08. The number of hydrogen-bond donors (Lipinski definition) is 2. The third-order valence-electron chi connectivity index (χ3n) is 2.64. The maximum absolute atomic E-state index is 13.7. The fourth-order valence-electron chi connectivity index (χ4n) is 1.58. The summed E-state index contributed by atoms with van der Waals surface area (Å²) in [5.41, 5.74) is 5.66. The van der Waals surface area contributed by atoms with Crippen molar-refractivity contribution >= 4 is 5.84 Å². The molecule has 3 nitrogen and oxygen atoms in total. The van der Waals surface area contributed by atoms with E-state index in [-0.39, 0.29) is 29.3 Å². The summed E-state index contributed by atoms with van der Waals surface area (Å²) >= 11 is 0. The van der Waals surface area contributed by atoms with Gasteiger partial charge < -0.3 is 10.5 Å². The Kier molecular flexibility index (Phi) is 3.93. The Labute approximate surface area is 113 Å². The van der Waals surface area contributed by atoms with Crippen LogP contribution < -0.4 is 10.5 Å². The van der Waals surface area contributed by atoms with Gasteiger partial charge in [-0.15, -0.1) is 0 Å². The maximum Gasteiger partial charge on any atom is 0.167 e. The second-order valence-electron chi connectivity index (χ2n) is 4.08. The largest absolute Gasteiger partial charge is 0.486 e. The summed E-state index contributed by atoms with van der Waals surface area (Å²) in [4.78, 5) is 0. The third kappa shape index (κ3) is 3.09. The molecule has 0 saturated carbocycles. The van der Waals surface area contributed by atoms with Crippen molar-refractivity contribution < 1.29 is 17.9 Å². The van der Waals surface area contributed by atoms with Gasteiger partial charge in [0.15, 0.2) is 11.6 Å². The van der Waals surface area contributed by atoms with Crippen LogP contribution in [0.3, 0.4) is 0 Å². The molecule has 6 heteroatoms. The number of benzene rings is 2. The number of ether oxygens (including phenoxy) is 1. The van der Waals surface area contributed by atoms with E-state index in [1.54, 1.807) is 0 Å². The van der Waals surface area contributed by atoms with E-state index < -0.39 is 17.5 Å². The Balaban J connectivity index is 2.13. The first-order chi connectivity index (χ1) is 9.47. The van der Waals surface area contributed by atoms with E-state index in [4.69, 9.17) is 15.9 Å². The van der Waals surface area contributed by atoms with E-state index in [0.29, 0.717) is 6.07 Å². The first kappa shape index (κ1) is 13.9. The van der Waals surface area contributed by atoms with Gasteiger partial charge >= 0.3 is 0 Å². The summed E-state index contributed by atoms with van der Waals surface area (Å²) < 4.78 is 44.8. The quantitative estimate of drug-likeness (QED) is 0.668. The molecule has 0 saturated heterocycles. The number of halogens is 3. The zero-order chi connectivity index (χ0) is 14.7. The highest BCUT2D eigenvalue weighted by atomic mass is 19.1. The fraction of sp³-hybridized carbons (Fsp3) is 0.0714. The predicted molar refractivity (Wildman–Crippen MR) is 68.1 cm³/mol. The van der Waals surface area contributed by atoms with Gasteiger partial charge in [0.2, 0.25) is 0 Å². The molecule has 0 bridgehead atoms. The Bertz CT molecular complexity index is 659. The van der Waals surface area contributed by atoms with Crippen molar-refractivity contribution in [1.29, 1.82) is 5.41 Å². The molecule has 0 amide bonds. The van der Waals surface area contributed by atoms with Crippen molar-refractivity contribution in [1.82, 2.24) is 0 Å². The van der Waals surface area contributed by atoms with Crippen molar-refractivity contribution in [2.75, 3.05) is 0 Å². The summed E-state index contributed by atoms with van der Waals surface area (Å²) in [6, 6.07) is 6.82. The number of nitrogens with two attached hydrogens (primary N) is 1. The number of amidine groups is 1. The Morgan fingerprint density at radius 3 is 2.40 bits per heavy atom. The van der Waals surface area contributed by atoms with E-state index in [9.17, 15) is 13.2 Å². The van der Waals surface area contributed by atoms with Gasteiger partial charge in [0.25, 0.3) is 0 Å². The lowest BCUT2D eigenvalue weighted by atomic mass is 10.1. The van der Waals surface area contributed by atoms with Crippen LogP contribution in [0.1, 0.15) is 11.1 Å². The topological polar surface area (TPSA) is 59.1 Å². The molecule has 2 aromatic rings. The lowest BCUT2D eigenvalue weighted by molar-refractivity contribution is 0.284. The van der Waals surface area contributed by atoms with Crippen molar-refractivity contribution in [3.63, 3.8) is 0 Å². The molecular weight excluding hydrogens is 269 g/mol. The van der Waals surface area contributed by atoms with Gasteiger partial charge in [-0.25, -0.2) is 13.2 Å². The molecule has 0 fully saturated rings. The minimum absolute atomic E-state index is 0.165. The number of nitrogens with one attached hydrogen (secondary N) is 1. The van der Waals surface area contributed by atoms with E-state index in [1.807, 2.05) is 0 Å². The van der Waals surface area contributed by atoms with Crippen molar-refractivity contribution in [2.24, 2.45) is 5.73 Å². The van der Waals surface area contributed by atoms with Crippen molar-refractivity contribution in [3.8, 4) is 5.75 Å². The van der Waals surface area contributed by atoms with Gasteiger partial charge in [-0.1, -0.05) is 12.1 Å². The molecule has 0 aliphatic heterocycles. The van der Waals surface area contributed by atoms with Gasteiger partial charge in [0, 0.05) is 17.2 Å². The van der Waals surface area contributed by atoms with Gasteiger partial charge in [-0.2, -0.15) is 0 Å². The van der Waals surface area contributed by atoms with Gasteiger partial charge in [0.1, 0.15) is 24.1 Å². The van der Waals surface area contributed by atoms with Gasteiger partial charge in [-0.05, 0) is 18.2 Å². The summed E-state index contributed by atoms with van der Waals surface area (Å²) in [7, 11) is 0. The summed E-state index contributed by atoms with van der Waals surface area (Å²) in [5, 5.41) is 7.18. The molecular formula is C14H11F3N2O. The lowest BCUT2D eigenvalue weighted by Crippen LogP contribution is -2.12. The van der Waals surface area contributed by atoms with Gasteiger partial charge in [0.05, 0.1) is 0 Å². The average molecular weight is 280 g/mol. The van der Waals surface area contributed by atoms with E-state index in [2.05, 4.69) is 0 Å². The molecule has 0 spiro atoms. The zero-order valence-corrected chi connectivity index (χ0v) is 10.3. The highest BCUT2D eigenvalue weighted by Gasteiger charge is 2.09. The first-order valence-electron chi connectivity index (χ1n) is 5.68. The standard InChI is InChI=1S/C14H11F3N2O/c15-10-3-4-13(12(17)6-10)20-7-9-2-1-8(14(18)19)5-11(9)16/h1-6H,7H2,(H3,18,19). The SMILES string of the molecule is N=C(N)c1ccc(COc2ccc(F)cc2F)c(F)c1. The van der Waals surface area contributed by atoms with Crippen LogP contribution in [-0.2, 0) is 6.61 Å². The molecule has 2 aromatic carbocycles. The smallest absolute Gasteiger partial charge is 0.167 e. The monoisotopic (exact) mass is 280 g/mol. The molecule has 0 atom stereocenters. The minimum Gasteiger partial charge on any atom is -0.486 e.